The van der Waals surface area contributed by atoms with Crippen molar-refractivity contribution in [2.75, 3.05) is 11.9 Å². The molecule has 1 aliphatic rings. The average molecular weight is 293 g/mol. The molecule has 0 saturated carbocycles. The SMILES string of the molecule is O=C(Nc1ccc2c(c1)CCO2)c1cc(F)cnc1Cl. The van der Waals surface area contributed by atoms with E-state index < -0.39 is 11.7 Å². The molecule has 2 heterocycles. The first kappa shape index (κ1) is 12.9. The lowest BCUT2D eigenvalue weighted by Gasteiger charge is -2.07. The van der Waals surface area contributed by atoms with E-state index >= 15 is 0 Å². The molecule has 1 amide bonds. The van der Waals surface area contributed by atoms with Gasteiger partial charge in [-0.2, -0.15) is 0 Å². The van der Waals surface area contributed by atoms with E-state index in [9.17, 15) is 9.18 Å². The van der Waals surface area contributed by atoms with Crippen LogP contribution in [0.5, 0.6) is 5.75 Å². The minimum atomic E-state index is -0.609. The quantitative estimate of drug-likeness (QED) is 0.866. The number of nitrogens with one attached hydrogen (secondary N) is 1. The van der Waals surface area contributed by atoms with Gasteiger partial charge in [0, 0.05) is 12.1 Å². The van der Waals surface area contributed by atoms with Gasteiger partial charge in [-0.1, -0.05) is 11.6 Å². The van der Waals surface area contributed by atoms with Gasteiger partial charge in [0.25, 0.3) is 5.91 Å². The predicted molar refractivity (Wildman–Crippen MR) is 72.8 cm³/mol. The van der Waals surface area contributed by atoms with Crippen LogP contribution in [-0.4, -0.2) is 17.5 Å². The van der Waals surface area contributed by atoms with Crippen LogP contribution < -0.4 is 10.1 Å². The molecule has 1 N–H and O–H groups in total. The van der Waals surface area contributed by atoms with Crippen molar-refractivity contribution in [1.82, 2.24) is 4.98 Å². The van der Waals surface area contributed by atoms with Crippen molar-refractivity contribution < 1.29 is 13.9 Å². The number of hydrogen-bond acceptors (Lipinski definition) is 3. The van der Waals surface area contributed by atoms with E-state index in [4.69, 9.17) is 16.3 Å². The van der Waals surface area contributed by atoms with Crippen LogP contribution in [0.25, 0.3) is 0 Å². The minimum absolute atomic E-state index is 0.00316. The van der Waals surface area contributed by atoms with Crippen LogP contribution in [0.4, 0.5) is 10.1 Å². The second kappa shape index (κ2) is 5.09. The normalized spacial score (nSPS) is 12.7. The fourth-order valence-corrected chi connectivity index (χ4v) is 2.23. The Balaban J connectivity index is 1.84. The van der Waals surface area contributed by atoms with E-state index in [1.54, 1.807) is 12.1 Å². The Morgan fingerprint density at radius 1 is 1.40 bits per heavy atom. The molecule has 102 valence electrons. The third-order valence-electron chi connectivity index (χ3n) is 3.00. The Morgan fingerprint density at radius 2 is 2.25 bits per heavy atom. The Kier molecular flexibility index (Phi) is 3.28. The molecule has 0 aliphatic carbocycles. The van der Waals surface area contributed by atoms with Crippen molar-refractivity contribution in [3.63, 3.8) is 0 Å². The summed E-state index contributed by atoms with van der Waals surface area (Å²) in [6.45, 7) is 0.645. The Morgan fingerprint density at radius 3 is 3.10 bits per heavy atom. The summed E-state index contributed by atoms with van der Waals surface area (Å²) < 4.78 is 18.5. The van der Waals surface area contributed by atoms with Crippen molar-refractivity contribution >= 4 is 23.2 Å². The van der Waals surface area contributed by atoms with Crippen molar-refractivity contribution in [2.45, 2.75) is 6.42 Å². The maximum Gasteiger partial charge on any atom is 0.258 e. The molecule has 6 heteroatoms. The van der Waals surface area contributed by atoms with E-state index in [1.165, 1.54) is 0 Å². The summed E-state index contributed by atoms with van der Waals surface area (Å²) in [5, 5.41) is 2.64. The third-order valence-corrected chi connectivity index (χ3v) is 3.30. The first-order chi connectivity index (χ1) is 9.63. The summed E-state index contributed by atoms with van der Waals surface area (Å²) in [4.78, 5) is 15.7. The van der Waals surface area contributed by atoms with Crippen molar-refractivity contribution in [3.8, 4) is 5.75 Å². The van der Waals surface area contributed by atoms with Gasteiger partial charge in [0.15, 0.2) is 0 Å². The van der Waals surface area contributed by atoms with Gasteiger partial charge in [-0.15, -0.1) is 0 Å². The molecule has 1 aliphatic heterocycles. The number of hydrogen-bond donors (Lipinski definition) is 1. The summed E-state index contributed by atoms with van der Waals surface area (Å²) >= 11 is 5.79. The summed E-state index contributed by atoms with van der Waals surface area (Å²) in [5.74, 6) is -0.281. The molecule has 0 radical (unpaired) electrons. The molecular weight excluding hydrogens is 283 g/mol. The highest BCUT2D eigenvalue weighted by Gasteiger charge is 2.16. The van der Waals surface area contributed by atoms with Crippen molar-refractivity contribution in [2.24, 2.45) is 0 Å². The third kappa shape index (κ3) is 2.44. The van der Waals surface area contributed by atoms with Gasteiger partial charge in [0.1, 0.15) is 16.7 Å². The molecule has 0 fully saturated rings. The van der Waals surface area contributed by atoms with Crippen LogP contribution in [0.3, 0.4) is 0 Å². The van der Waals surface area contributed by atoms with Gasteiger partial charge in [-0.3, -0.25) is 4.79 Å². The second-order valence-electron chi connectivity index (χ2n) is 4.37. The number of anilines is 1. The number of benzene rings is 1. The number of pyridine rings is 1. The fraction of sp³-hybridized carbons (Fsp3) is 0.143. The standard InChI is InChI=1S/C14H10ClFN2O2/c15-13-11(6-9(16)7-17-13)14(19)18-10-1-2-12-8(5-10)3-4-20-12/h1-2,5-7H,3-4H2,(H,18,19). The Labute approximate surface area is 119 Å². The summed E-state index contributed by atoms with van der Waals surface area (Å²) in [5.41, 5.74) is 1.65. The van der Waals surface area contributed by atoms with E-state index in [-0.39, 0.29) is 10.7 Å². The van der Waals surface area contributed by atoms with E-state index in [0.29, 0.717) is 12.3 Å². The topological polar surface area (TPSA) is 51.2 Å². The molecule has 2 aromatic rings. The first-order valence-corrected chi connectivity index (χ1v) is 6.39. The zero-order valence-corrected chi connectivity index (χ0v) is 11.1. The molecule has 1 aromatic heterocycles. The molecule has 4 nitrogen and oxygen atoms in total. The monoisotopic (exact) mass is 292 g/mol. The zero-order chi connectivity index (χ0) is 14.1. The van der Waals surface area contributed by atoms with E-state index in [1.807, 2.05) is 6.07 Å². The number of carbonyl (C=O) groups excluding carboxylic acids is 1. The van der Waals surface area contributed by atoms with E-state index in [2.05, 4.69) is 10.3 Å². The maximum atomic E-state index is 13.1. The lowest BCUT2D eigenvalue weighted by Crippen LogP contribution is -2.13. The summed E-state index contributed by atoms with van der Waals surface area (Å²) in [6, 6.07) is 6.41. The highest BCUT2D eigenvalue weighted by atomic mass is 35.5. The smallest absolute Gasteiger partial charge is 0.258 e. The zero-order valence-electron chi connectivity index (χ0n) is 10.3. The number of aromatic nitrogens is 1. The summed E-state index contributed by atoms with van der Waals surface area (Å²) in [7, 11) is 0. The molecule has 0 unspecified atom stereocenters. The largest absolute Gasteiger partial charge is 0.493 e. The number of carbonyl (C=O) groups is 1. The molecule has 0 saturated heterocycles. The van der Waals surface area contributed by atoms with Gasteiger partial charge >= 0.3 is 0 Å². The highest BCUT2D eigenvalue weighted by molar-refractivity contribution is 6.33. The van der Waals surface area contributed by atoms with Gasteiger partial charge in [0.05, 0.1) is 18.4 Å². The minimum Gasteiger partial charge on any atom is -0.493 e. The number of ether oxygens (including phenoxy) is 1. The number of halogens is 2. The van der Waals surface area contributed by atoms with Gasteiger partial charge in [0.2, 0.25) is 0 Å². The average Bonchev–Trinajstić information content (AvgIpc) is 2.89. The van der Waals surface area contributed by atoms with Crippen LogP contribution >= 0.6 is 11.6 Å². The summed E-state index contributed by atoms with van der Waals surface area (Å²) in [6.07, 6.45) is 1.77. The second-order valence-corrected chi connectivity index (χ2v) is 4.73. The Bertz CT molecular complexity index is 691. The molecule has 0 spiro atoms. The lowest BCUT2D eigenvalue weighted by molar-refractivity contribution is 0.102. The molecule has 1 aromatic carbocycles. The van der Waals surface area contributed by atoms with Crippen molar-refractivity contribution in [3.05, 3.63) is 52.6 Å². The van der Waals surface area contributed by atoms with Crippen LogP contribution in [0, 0.1) is 5.82 Å². The maximum absolute atomic E-state index is 13.1. The van der Waals surface area contributed by atoms with Crippen LogP contribution in [0.1, 0.15) is 15.9 Å². The highest BCUT2D eigenvalue weighted by Crippen LogP contribution is 2.28. The lowest BCUT2D eigenvalue weighted by atomic mass is 10.1. The number of amides is 1. The van der Waals surface area contributed by atoms with Gasteiger partial charge in [-0.25, -0.2) is 9.37 Å². The van der Waals surface area contributed by atoms with Crippen molar-refractivity contribution in [1.29, 1.82) is 0 Å². The molecular formula is C14H10ClFN2O2. The predicted octanol–water partition coefficient (Wildman–Crippen LogP) is 3.06. The molecule has 0 bridgehead atoms. The fourth-order valence-electron chi connectivity index (χ4n) is 2.04. The number of nitrogens with zero attached hydrogens (tertiary/aromatic N) is 1. The van der Waals surface area contributed by atoms with Crippen LogP contribution in [-0.2, 0) is 6.42 Å². The van der Waals surface area contributed by atoms with E-state index in [0.717, 1.165) is 30.0 Å². The molecule has 20 heavy (non-hydrogen) atoms. The number of fused-ring (bicyclic) bond motifs is 1. The number of rotatable bonds is 2. The molecule has 3 rings (SSSR count). The van der Waals surface area contributed by atoms with Crippen LogP contribution in [0.15, 0.2) is 30.5 Å². The Hall–Kier alpha value is -2.14. The van der Waals surface area contributed by atoms with Crippen LogP contribution in [0.2, 0.25) is 5.15 Å². The molecule has 0 atom stereocenters. The first-order valence-electron chi connectivity index (χ1n) is 6.01. The van der Waals surface area contributed by atoms with Gasteiger partial charge < -0.3 is 10.1 Å². The van der Waals surface area contributed by atoms with Gasteiger partial charge in [-0.05, 0) is 29.8 Å².